The van der Waals surface area contributed by atoms with Crippen molar-refractivity contribution in [2.45, 2.75) is 51.2 Å². The Morgan fingerprint density at radius 2 is 2.24 bits per heavy atom. The molecule has 0 saturated heterocycles. The molecule has 1 saturated carbocycles. The van der Waals surface area contributed by atoms with Crippen molar-refractivity contribution < 1.29 is 5.11 Å². The maximum atomic E-state index is 9.99. The van der Waals surface area contributed by atoms with E-state index in [1.54, 1.807) is 4.68 Å². The molecule has 92 valence electrons. The summed E-state index contributed by atoms with van der Waals surface area (Å²) < 4.78 is 1.65. The zero-order chi connectivity index (χ0) is 12.4. The lowest BCUT2D eigenvalue weighted by Gasteiger charge is -2.28. The van der Waals surface area contributed by atoms with Crippen LogP contribution >= 0.6 is 0 Å². The highest BCUT2D eigenvalue weighted by molar-refractivity contribution is 5.52. The molecule has 0 aromatic carbocycles. The van der Waals surface area contributed by atoms with Gasteiger partial charge in [0.05, 0.1) is 17.8 Å². The van der Waals surface area contributed by atoms with Crippen LogP contribution in [0.2, 0.25) is 0 Å². The van der Waals surface area contributed by atoms with Crippen molar-refractivity contribution in [1.29, 1.82) is 5.26 Å². The molecular weight excluding hydrogens is 216 g/mol. The third-order valence-electron chi connectivity index (χ3n) is 3.47. The van der Waals surface area contributed by atoms with Crippen LogP contribution in [0.4, 0.5) is 5.82 Å². The van der Waals surface area contributed by atoms with Gasteiger partial charge >= 0.3 is 0 Å². The quantitative estimate of drug-likeness (QED) is 0.809. The molecule has 0 radical (unpaired) electrons. The zero-order valence-corrected chi connectivity index (χ0v) is 10.1. The summed E-state index contributed by atoms with van der Waals surface area (Å²) in [4.78, 5) is 0. The molecule has 1 fully saturated rings. The molecule has 2 rings (SSSR count). The van der Waals surface area contributed by atoms with Crippen LogP contribution in [0.1, 0.15) is 49.9 Å². The fraction of sp³-hybridized carbons (Fsp3) is 0.667. The first-order chi connectivity index (χ1) is 8.19. The number of rotatable bonds is 2. The van der Waals surface area contributed by atoms with Crippen molar-refractivity contribution in [1.82, 2.24) is 9.78 Å². The summed E-state index contributed by atoms with van der Waals surface area (Å²) in [5, 5.41) is 23.4. The molecule has 1 heterocycles. The minimum absolute atomic E-state index is 0.0730. The number of nitrogen functional groups attached to an aromatic ring is 1. The average Bonchev–Trinajstić information content (AvgIpc) is 2.66. The third kappa shape index (κ3) is 2.01. The lowest BCUT2D eigenvalue weighted by molar-refractivity contribution is 0.0704. The molecule has 2 atom stereocenters. The van der Waals surface area contributed by atoms with Crippen molar-refractivity contribution in [2.75, 3.05) is 5.73 Å². The van der Waals surface area contributed by atoms with Gasteiger partial charge in [0.1, 0.15) is 17.5 Å². The molecule has 1 aromatic rings. The highest BCUT2D eigenvalue weighted by atomic mass is 16.3. The van der Waals surface area contributed by atoms with Crippen molar-refractivity contribution in [3.8, 4) is 6.07 Å². The van der Waals surface area contributed by atoms with Crippen molar-refractivity contribution in [3.63, 3.8) is 0 Å². The number of aliphatic hydroxyl groups excluding tert-OH is 1. The van der Waals surface area contributed by atoms with Gasteiger partial charge in [0.2, 0.25) is 0 Å². The predicted octanol–water partition coefficient (Wildman–Crippen LogP) is 1.38. The van der Waals surface area contributed by atoms with Gasteiger partial charge in [0.25, 0.3) is 0 Å². The minimum Gasteiger partial charge on any atom is -0.391 e. The first-order valence-electron chi connectivity index (χ1n) is 6.14. The summed E-state index contributed by atoms with van der Waals surface area (Å²) in [6, 6.07) is 2.03. The van der Waals surface area contributed by atoms with Crippen molar-refractivity contribution in [3.05, 3.63) is 11.3 Å². The lowest BCUT2D eigenvalue weighted by Crippen LogP contribution is -2.29. The van der Waals surface area contributed by atoms with E-state index in [2.05, 4.69) is 11.2 Å². The van der Waals surface area contributed by atoms with E-state index in [1.807, 2.05) is 6.92 Å². The summed E-state index contributed by atoms with van der Waals surface area (Å²) in [5.74, 6) is 0.398. The number of hydrogen-bond acceptors (Lipinski definition) is 4. The smallest absolute Gasteiger partial charge is 0.140 e. The van der Waals surface area contributed by atoms with E-state index in [1.165, 1.54) is 0 Å². The molecule has 0 amide bonds. The Morgan fingerprint density at radius 1 is 1.53 bits per heavy atom. The molecule has 2 unspecified atom stereocenters. The molecular formula is C12H18N4O. The fourth-order valence-corrected chi connectivity index (χ4v) is 2.50. The summed E-state index contributed by atoms with van der Waals surface area (Å²) >= 11 is 0. The van der Waals surface area contributed by atoms with Crippen LogP contribution in [-0.4, -0.2) is 21.0 Å². The fourth-order valence-electron chi connectivity index (χ4n) is 2.50. The number of aliphatic hydroxyl groups is 1. The van der Waals surface area contributed by atoms with Crippen LogP contribution in [0, 0.1) is 11.3 Å². The SMILES string of the molecule is CCc1nn(C2CCCCC2O)c(N)c1C#N. The van der Waals surface area contributed by atoms with Gasteiger partial charge in [-0.25, -0.2) is 4.68 Å². The monoisotopic (exact) mass is 234 g/mol. The minimum atomic E-state index is -0.401. The Morgan fingerprint density at radius 3 is 2.76 bits per heavy atom. The van der Waals surface area contributed by atoms with Crippen LogP contribution < -0.4 is 5.73 Å². The molecule has 17 heavy (non-hydrogen) atoms. The van der Waals surface area contributed by atoms with Crippen LogP contribution in [-0.2, 0) is 6.42 Å². The van der Waals surface area contributed by atoms with Crippen LogP contribution in [0.3, 0.4) is 0 Å². The topological polar surface area (TPSA) is 87.9 Å². The molecule has 5 heteroatoms. The standard InChI is InChI=1S/C12H18N4O/c1-2-9-8(7-13)12(14)16(15-9)10-5-3-4-6-11(10)17/h10-11,17H,2-6,14H2,1H3. The van der Waals surface area contributed by atoms with Gasteiger partial charge < -0.3 is 10.8 Å². The number of anilines is 1. The van der Waals surface area contributed by atoms with E-state index in [0.29, 0.717) is 17.8 Å². The summed E-state index contributed by atoms with van der Waals surface area (Å²) in [6.07, 6.45) is 4.06. The van der Waals surface area contributed by atoms with E-state index in [0.717, 1.165) is 31.4 Å². The Hall–Kier alpha value is -1.54. The number of nitrogens with two attached hydrogens (primary N) is 1. The molecule has 0 spiro atoms. The largest absolute Gasteiger partial charge is 0.391 e. The number of hydrogen-bond donors (Lipinski definition) is 2. The highest BCUT2D eigenvalue weighted by Crippen LogP contribution is 2.31. The van der Waals surface area contributed by atoms with Gasteiger partial charge in [-0.15, -0.1) is 0 Å². The van der Waals surface area contributed by atoms with E-state index in [9.17, 15) is 5.11 Å². The summed E-state index contributed by atoms with van der Waals surface area (Å²) in [6.45, 7) is 1.95. The second kappa shape index (κ2) is 4.76. The molecule has 3 N–H and O–H groups in total. The second-order valence-corrected chi connectivity index (χ2v) is 4.54. The van der Waals surface area contributed by atoms with Gasteiger partial charge in [-0.3, -0.25) is 0 Å². The van der Waals surface area contributed by atoms with Crippen molar-refractivity contribution >= 4 is 5.82 Å². The number of aromatic nitrogens is 2. The van der Waals surface area contributed by atoms with Gasteiger partial charge in [0, 0.05) is 0 Å². The second-order valence-electron chi connectivity index (χ2n) is 4.54. The van der Waals surface area contributed by atoms with Gasteiger partial charge in [-0.05, 0) is 19.3 Å². The first kappa shape index (κ1) is 11.9. The van der Waals surface area contributed by atoms with E-state index < -0.39 is 6.10 Å². The van der Waals surface area contributed by atoms with Crippen molar-refractivity contribution in [2.24, 2.45) is 0 Å². The van der Waals surface area contributed by atoms with Crippen LogP contribution in [0.15, 0.2) is 0 Å². The van der Waals surface area contributed by atoms with E-state index in [-0.39, 0.29) is 6.04 Å². The predicted molar refractivity (Wildman–Crippen MR) is 64.2 cm³/mol. The molecule has 0 aliphatic heterocycles. The van der Waals surface area contributed by atoms with Gasteiger partial charge in [-0.1, -0.05) is 19.8 Å². The summed E-state index contributed by atoms with van der Waals surface area (Å²) in [5.41, 5.74) is 7.14. The Kier molecular flexibility index (Phi) is 3.34. The Bertz CT molecular complexity index is 446. The number of nitriles is 1. The zero-order valence-electron chi connectivity index (χ0n) is 10.1. The summed E-state index contributed by atoms with van der Waals surface area (Å²) in [7, 11) is 0. The van der Waals surface area contributed by atoms with Crippen LogP contribution in [0.25, 0.3) is 0 Å². The van der Waals surface area contributed by atoms with Gasteiger partial charge in [0.15, 0.2) is 0 Å². The average molecular weight is 234 g/mol. The third-order valence-corrected chi connectivity index (χ3v) is 3.47. The van der Waals surface area contributed by atoms with E-state index >= 15 is 0 Å². The maximum absolute atomic E-state index is 9.99. The van der Waals surface area contributed by atoms with E-state index in [4.69, 9.17) is 11.0 Å². The van der Waals surface area contributed by atoms with Gasteiger partial charge in [-0.2, -0.15) is 10.4 Å². The highest BCUT2D eigenvalue weighted by Gasteiger charge is 2.28. The molecule has 1 aromatic heterocycles. The Balaban J connectivity index is 2.38. The molecule has 5 nitrogen and oxygen atoms in total. The van der Waals surface area contributed by atoms with Crippen LogP contribution in [0.5, 0.6) is 0 Å². The number of aryl methyl sites for hydroxylation is 1. The number of nitrogens with zero attached hydrogens (tertiary/aromatic N) is 3. The Labute approximate surface area is 101 Å². The molecule has 1 aliphatic carbocycles. The lowest BCUT2D eigenvalue weighted by atomic mass is 9.93. The molecule has 1 aliphatic rings. The normalized spacial score (nSPS) is 24.5. The maximum Gasteiger partial charge on any atom is 0.140 e. The molecule has 0 bridgehead atoms. The first-order valence-corrected chi connectivity index (χ1v) is 6.14.